The SMILES string of the molecule is CNC1(C(=O)O)CCCOC1. The van der Waals surface area contributed by atoms with Gasteiger partial charge >= 0.3 is 5.97 Å². The van der Waals surface area contributed by atoms with Crippen LogP contribution in [0.15, 0.2) is 0 Å². The second-order valence-corrected chi connectivity index (χ2v) is 2.79. The molecule has 0 bridgehead atoms. The largest absolute Gasteiger partial charge is 0.480 e. The highest BCUT2D eigenvalue weighted by Gasteiger charge is 2.38. The molecule has 0 aromatic carbocycles. The molecule has 0 aliphatic carbocycles. The van der Waals surface area contributed by atoms with Crippen LogP contribution in [-0.4, -0.2) is 36.9 Å². The quantitative estimate of drug-likeness (QED) is 0.587. The summed E-state index contributed by atoms with van der Waals surface area (Å²) in [7, 11) is 1.66. The first-order valence-corrected chi connectivity index (χ1v) is 3.71. The van der Waals surface area contributed by atoms with Gasteiger partial charge in [-0.15, -0.1) is 0 Å². The van der Waals surface area contributed by atoms with Crippen molar-refractivity contribution in [2.24, 2.45) is 0 Å². The first-order valence-electron chi connectivity index (χ1n) is 3.71. The smallest absolute Gasteiger partial charge is 0.326 e. The number of rotatable bonds is 2. The van der Waals surface area contributed by atoms with Crippen molar-refractivity contribution >= 4 is 5.97 Å². The Morgan fingerprint density at radius 3 is 2.73 bits per heavy atom. The van der Waals surface area contributed by atoms with Crippen LogP contribution in [0, 0.1) is 0 Å². The minimum absolute atomic E-state index is 0.277. The van der Waals surface area contributed by atoms with Gasteiger partial charge in [0, 0.05) is 6.61 Å². The van der Waals surface area contributed by atoms with Crippen LogP contribution >= 0.6 is 0 Å². The van der Waals surface area contributed by atoms with Gasteiger partial charge in [-0.1, -0.05) is 0 Å². The van der Waals surface area contributed by atoms with Crippen molar-refractivity contribution in [3.8, 4) is 0 Å². The summed E-state index contributed by atoms with van der Waals surface area (Å²) in [6.07, 6.45) is 1.46. The topological polar surface area (TPSA) is 58.6 Å². The number of carboxylic acids is 1. The Kier molecular flexibility index (Phi) is 2.46. The fourth-order valence-electron chi connectivity index (χ4n) is 1.27. The molecule has 0 radical (unpaired) electrons. The van der Waals surface area contributed by atoms with Gasteiger partial charge < -0.3 is 15.2 Å². The van der Waals surface area contributed by atoms with Gasteiger partial charge in [-0.2, -0.15) is 0 Å². The maximum atomic E-state index is 10.8. The van der Waals surface area contributed by atoms with Crippen molar-refractivity contribution in [3.05, 3.63) is 0 Å². The van der Waals surface area contributed by atoms with Gasteiger partial charge in [0.15, 0.2) is 0 Å². The van der Waals surface area contributed by atoms with E-state index in [1.165, 1.54) is 0 Å². The Balaban J connectivity index is 2.64. The highest BCUT2D eigenvalue weighted by molar-refractivity contribution is 5.79. The van der Waals surface area contributed by atoms with Crippen LogP contribution in [-0.2, 0) is 9.53 Å². The minimum atomic E-state index is -0.835. The Labute approximate surface area is 65.5 Å². The molecule has 1 heterocycles. The molecule has 1 aliphatic heterocycles. The molecule has 1 saturated heterocycles. The first kappa shape index (κ1) is 8.49. The summed E-state index contributed by atoms with van der Waals surface area (Å²) in [6, 6.07) is 0. The standard InChI is InChI=1S/C7H13NO3/c1-8-7(6(9)10)3-2-4-11-5-7/h8H,2-5H2,1H3,(H,9,10). The number of ether oxygens (including phenoxy) is 1. The van der Waals surface area contributed by atoms with Crippen LogP contribution in [0.2, 0.25) is 0 Å². The Morgan fingerprint density at radius 2 is 2.45 bits per heavy atom. The van der Waals surface area contributed by atoms with Crippen molar-refractivity contribution in [2.45, 2.75) is 18.4 Å². The van der Waals surface area contributed by atoms with Crippen LogP contribution in [0.1, 0.15) is 12.8 Å². The van der Waals surface area contributed by atoms with E-state index in [0.717, 1.165) is 6.42 Å². The third-order valence-corrected chi connectivity index (χ3v) is 2.13. The molecule has 64 valence electrons. The van der Waals surface area contributed by atoms with E-state index in [9.17, 15) is 4.79 Å². The normalized spacial score (nSPS) is 31.7. The van der Waals surface area contributed by atoms with Gasteiger partial charge in [0.2, 0.25) is 0 Å². The van der Waals surface area contributed by atoms with Gasteiger partial charge in [-0.25, -0.2) is 0 Å². The van der Waals surface area contributed by atoms with Gasteiger partial charge in [0.25, 0.3) is 0 Å². The summed E-state index contributed by atoms with van der Waals surface area (Å²) in [6.45, 7) is 0.954. The number of likely N-dealkylation sites (N-methyl/N-ethyl adjacent to an activating group) is 1. The van der Waals surface area contributed by atoms with Crippen LogP contribution in [0.5, 0.6) is 0 Å². The molecule has 1 aliphatic rings. The molecule has 0 aromatic rings. The number of carboxylic acid groups (broad SMARTS) is 1. The Morgan fingerprint density at radius 1 is 1.73 bits per heavy atom. The molecule has 1 unspecified atom stereocenters. The van der Waals surface area contributed by atoms with E-state index in [1.54, 1.807) is 7.05 Å². The third kappa shape index (κ3) is 1.52. The summed E-state index contributed by atoms with van der Waals surface area (Å²) in [4.78, 5) is 10.8. The lowest BCUT2D eigenvalue weighted by Gasteiger charge is -2.32. The van der Waals surface area contributed by atoms with E-state index >= 15 is 0 Å². The molecule has 11 heavy (non-hydrogen) atoms. The Hall–Kier alpha value is -0.610. The van der Waals surface area contributed by atoms with Gasteiger partial charge in [-0.3, -0.25) is 4.79 Å². The lowest BCUT2D eigenvalue weighted by atomic mass is 9.93. The molecular weight excluding hydrogens is 146 g/mol. The zero-order valence-corrected chi connectivity index (χ0v) is 6.59. The van der Waals surface area contributed by atoms with Crippen LogP contribution in [0.4, 0.5) is 0 Å². The van der Waals surface area contributed by atoms with Crippen molar-refractivity contribution < 1.29 is 14.6 Å². The minimum Gasteiger partial charge on any atom is -0.480 e. The van der Waals surface area contributed by atoms with Crippen LogP contribution < -0.4 is 5.32 Å². The van der Waals surface area contributed by atoms with E-state index in [0.29, 0.717) is 13.0 Å². The summed E-state index contributed by atoms with van der Waals surface area (Å²) < 4.78 is 5.09. The predicted octanol–water partition coefficient (Wildman–Crippen LogP) is -0.160. The molecule has 0 aromatic heterocycles. The molecule has 1 fully saturated rings. The Bertz CT molecular complexity index is 152. The maximum Gasteiger partial charge on any atom is 0.326 e. The second kappa shape index (κ2) is 3.19. The molecule has 0 amide bonds. The van der Waals surface area contributed by atoms with E-state index in [-0.39, 0.29) is 6.61 Å². The lowest BCUT2D eigenvalue weighted by molar-refractivity contribution is -0.150. The first-order chi connectivity index (χ1) is 5.21. The van der Waals surface area contributed by atoms with Crippen LogP contribution in [0.25, 0.3) is 0 Å². The van der Waals surface area contributed by atoms with Gasteiger partial charge in [0.1, 0.15) is 5.54 Å². The predicted molar refractivity (Wildman–Crippen MR) is 39.5 cm³/mol. The highest BCUT2D eigenvalue weighted by atomic mass is 16.5. The van der Waals surface area contributed by atoms with Crippen molar-refractivity contribution in [3.63, 3.8) is 0 Å². The molecule has 1 atom stereocenters. The van der Waals surface area contributed by atoms with Gasteiger partial charge in [0.05, 0.1) is 6.61 Å². The molecule has 0 spiro atoms. The van der Waals surface area contributed by atoms with Crippen molar-refractivity contribution in [1.82, 2.24) is 5.32 Å². The molecule has 0 saturated carbocycles. The van der Waals surface area contributed by atoms with E-state index in [2.05, 4.69) is 5.32 Å². The number of hydrogen-bond acceptors (Lipinski definition) is 3. The summed E-state index contributed by atoms with van der Waals surface area (Å²) in [5.74, 6) is -0.820. The second-order valence-electron chi connectivity index (χ2n) is 2.79. The number of nitrogens with one attached hydrogen (secondary N) is 1. The lowest BCUT2D eigenvalue weighted by Crippen LogP contribution is -2.56. The van der Waals surface area contributed by atoms with Crippen LogP contribution in [0.3, 0.4) is 0 Å². The highest BCUT2D eigenvalue weighted by Crippen LogP contribution is 2.18. The maximum absolute atomic E-state index is 10.8. The fraction of sp³-hybridized carbons (Fsp3) is 0.857. The summed E-state index contributed by atoms with van der Waals surface area (Å²) in [5, 5.41) is 11.6. The number of hydrogen-bond donors (Lipinski definition) is 2. The molecule has 2 N–H and O–H groups in total. The molecule has 1 rings (SSSR count). The van der Waals surface area contributed by atoms with E-state index in [4.69, 9.17) is 9.84 Å². The van der Waals surface area contributed by atoms with Crippen molar-refractivity contribution in [1.29, 1.82) is 0 Å². The summed E-state index contributed by atoms with van der Waals surface area (Å²) in [5.41, 5.74) is -0.835. The van der Waals surface area contributed by atoms with Crippen molar-refractivity contribution in [2.75, 3.05) is 20.3 Å². The van der Waals surface area contributed by atoms with E-state index in [1.807, 2.05) is 0 Å². The third-order valence-electron chi connectivity index (χ3n) is 2.13. The molecule has 4 nitrogen and oxygen atoms in total. The zero-order chi connectivity index (χ0) is 8.32. The number of carbonyl (C=O) groups is 1. The van der Waals surface area contributed by atoms with Gasteiger partial charge in [-0.05, 0) is 19.9 Å². The average Bonchev–Trinajstić information content (AvgIpc) is 2.05. The average molecular weight is 159 g/mol. The fourth-order valence-corrected chi connectivity index (χ4v) is 1.27. The molecular formula is C7H13NO3. The van der Waals surface area contributed by atoms with E-state index < -0.39 is 11.5 Å². The summed E-state index contributed by atoms with van der Waals surface area (Å²) >= 11 is 0. The monoisotopic (exact) mass is 159 g/mol. The number of aliphatic carboxylic acids is 1. The molecule has 4 heteroatoms. The zero-order valence-electron chi connectivity index (χ0n) is 6.59.